The zero-order valence-electron chi connectivity index (χ0n) is 24.2. The van der Waals surface area contributed by atoms with Gasteiger partial charge in [-0.25, -0.2) is 13.8 Å². The van der Waals surface area contributed by atoms with Crippen molar-refractivity contribution >= 4 is 27.3 Å². The van der Waals surface area contributed by atoms with Crippen molar-refractivity contribution in [2.45, 2.75) is 39.1 Å². The summed E-state index contributed by atoms with van der Waals surface area (Å²) in [6, 6.07) is 11.1. The molecule has 7 rings (SSSR count). The summed E-state index contributed by atoms with van der Waals surface area (Å²) in [6.07, 6.45) is 0. The van der Waals surface area contributed by atoms with Gasteiger partial charge in [-0.1, -0.05) is 12.1 Å². The lowest BCUT2D eigenvalue weighted by molar-refractivity contribution is -0.133. The highest BCUT2D eigenvalue weighted by molar-refractivity contribution is 7.18. The Balaban J connectivity index is 1.48. The number of hydrogen-bond acceptors (Lipinski definition) is 7. The normalized spacial score (nSPS) is 17.5. The lowest BCUT2D eigenvalue weighted by Crippen LogP contribution is -2.34. The summed E-state index contributed by atoms with van der Waals surface area (Å²) in [4.78, 5) is 17.6. The number of fused-ring (bicyclic) bond motifs is 3. The minimum absolute atomic E-state index is 0.0117. The third-order valence-electron chi connectivity index (χ3n) is 8.12. The minimum Gasteiger partial charge on any atom is -0.490 e. The molecule has 0 bridgehead atoms. The Bertz CT molecular complexity index is 1930. The lowest BCUT2D eigenvalue weighted by atomic mass is 9.95. The predicted molar refractivity (Wildman–Crippen MR) is 161 cm³/mol. The van der Waals surface area contributed by atoms with Gasteiger partial charge in [0, 0.05) is 58.0 Å². The lowest BCUT2D eigenvalue weighted by Gasteiger charge is -2.27. The zero-order chi connectivity index (χ0) is 31.4. The van der Waals surface area contributed by atoms with Crippen molar-refractivity contribution in [1.82, 2.24) is 25.4 Å². The van der Waals surface area contributed by atoms with Crippen LogP contribution in [0.15, 0.2) is 47.8 Å². The molecule has 45 heavy (non-hydrogen) atoms. The van der Waals surface area contributed by atoms with Crippen LogP contribution in [0.4, 0.5) is 17.6 Å². The second-order valence-corrected chi connectivity index (χ2v) is 11.9. The van der Waals surface area contributed by atoms with Gasteiger partial charge in [0.1, 0.15) is 35.4 Å². The van der Waals surface area contributed by atoms with E-state index in [0.29, 0.717) is 56.9 Å². The molecule has 2 atom stereocenters. The van der Waals surface area contributed by atoms with E-state index in [1.807, 2.05) is 48.2 Å². The number of thiophene rings is 1. The summed E-state index contributed by atoms with van der Waals surface area (Å²) in [5.74, 6) is -2.16. The van der Waals surface area contributed by atoms with Crippen molar-refractivity contribution in [3.05, 3.63) is 76.3 Å². The van der Waals surface area contributed by atoms with Crippen LogP contribution in [0.3, 0.4) is 0 Å². The van der Waals surface area contributed by atoms with Crippen LogP contribution in [-0.4, -0.2) is 47.0 Å². The number of halogens is 4. The first-order valence-corrected chi connectivity index (χ1v) is 15.3. The molecule has 0 fully saturated rings. The van der Waals surface area contributed by atoms with Gasteiger partial charge in [0.2, 0.25) is 0 Å². The van der Waals surface area contributed by atoms with Crippen molar-refractivity contribution in [3.8, 4) is 39.5 Å². The third-order valence-corrected chi connectivity index (χ3v) is 9.05. The molecule has 232 valence electrons. The fourth-order valence-corrected chi connectivity index (χ4v) is 6.91. The topological polar surface area (TPSA) is 90.3 Å². The molecule has 0 radical (unpaired) electrons. The van der Waals surface area contributed by atoms with Crippen molar-refractivity contribution in [2.24, 2.45) is 0 Å². The molecule has 2 aliphatic rings. The number of carbonyl (C=O) groups excluding carboxylic acids is 1. The quantitative estimate of drug-likeness (QED) is 0.143. The van der Waals surface area contributed by atoms with Gasteiger partial charge in [0.15, 0.2) is 0 Å². The molecule has 2 aliphatic heterocycles. The van der Waals surface area contributed by atoms with Crippen LogP contribution in [0.2, 0.25) is 0 Å². The van der Waals surface area contributed by atoms with Crippen LogP contribution in [-0.2, 0) is 11.3 Å². The molecular weight excluding hydrogens is 610 g/mol. The molecular formula is C32H27F4N5O3S. The summed E-state index contributed by atoms with van der Waals surface area (Å²) in [7, 11) is 0. The summed E-state index contributed by atoms with van der Waals surface area (Å²) >= 11 is 1.34. The molecule has 2 N–H and O–H groups in total. The van der Waals surface area contributed by atoms with Crippen LogP contribution in [0.1, 0.15) is 47.5 Å². The van der Waals surface area contributed by atoms with E-state index in [1.165, 1.54) is 11.3 Å². The number of alkyl halides is 2. The van der Waals surface area contributed by atoms with Gasteiger partial charge in [0.05, 0.1) is 29.6 Å². The fourth-order valence-electron chi connectivity index (χ4n) is 5.96. The van der Waals surface area contributed by atoms with E-state index in [1.54, 1.807) is 6.07 Å². The number of nitrogens with zero attached hydrogens (tertiary/aromatic N) is 3. The number of ether oxygens (including phenoxy) is 2. The smallest absolute Gasteiger partial charge is 0.345 e. The highest BCUT2D eigenvalue weighted by Crippen LogP contribution is 2.47. The summed E-state index contributed by atoms with van der Waals surface area (Å²) in [6.45, 7) is 1.33. The SMILES string of the molecule is C[C@H]1NC[C@H](C)n2nc(-c3nc(-c4ccc5c(c4)C(=O)NC5)c4ccsc4c3-c3c(F)cc(F)cc3OCCOC(F)F)cc21. The number of nitrogens with one attached hydrogen (secondary N) is 2. The van der Waals surface area contributed by atoms with Gasteiger partial charge in [0.25, 0.3) is 5.91 Å². The van der Waals surface area contributed by atoms with Gasteiger partial charge in [-0.15, -0.1) is 11.3 Å². The van der Waals surface area contributed by atoms with Gasteiger partial charge in [-0.3, -0.25) is 9.48 Å². The Morgan fingerprint density at radius 3 is 2.71 bits per heavy atom. The molecule has 5 heterocycles. The number of hydrogen-bond donors (Lipinski definition) is 2. The summed E-state index contributed by atoms with van der Waals surface area (Å²) < 4.78 is 68.2. The van der Waals surface area contributed by atoms with Crippen LogP contribution in [0, 0.1) is 11.6 Å². The van der Waals surface area contributed by atoms with E-state index < -0.39 is 24.9 Å². The highest BCUT2D eigenvalue weighted by atomic mass is 32.1. The number of pyridine rings is 1. The minimum atomic E-state index is -3.01. The van der Waals surface area contributed by atoms with Crippen LogP contribution in [0.5, 0.6) is 5.75 Å². The average Bonchev–Trinajstić information content (AvgIpc) is 3.76. The molecule has 5 aromatic rings. The highest BCUT2D eigenvalue weighted by Gasteiger charge is 2.30. The number of amides is 1. The fraction of sp³-hybridized carbons (Fsp3) is 0.281. The van der Waals surface area contributed by atoms with Crippen molar-refractivity contribution in [1.29, 1.82) is 0 Å². The standard InChI is InChI=1S/C32H27F4N5O3S/c1-15-13-37-16(2)24-12-23(40-41(15)24)29-27(26-22(34)10-19(33)11-25(26)43-6-7-44-32(35)36)30-20(5-8-45-30)28(39-29)17-3-4-18-14-38-31(42)21(18)9-17/h3-5,8-12,15-16,32,37H,6-7,13-14H2,1-2H3,(H,38,42)/t15-,16+/m0/s1. The first-order chi connectivity index (χ1) is 21.7. The largest absolute Gasteiger partial charge is 0.490 e. The Morgan fingerprint density at radius 1 is 1.07 bits per heavy atom. The second kappa shape index (κ2) is 11.5. The molecule has 0 aliphatic carbocycles. The molecule has 0 unspecified atom stereocenters. The van der Waals surface area contributed by atoms with E-state index in [2.05, 4.69) is 15.4 Å². The molecule has 0 saturated heterocycles. The Morgan fingerprint density at radius 2 is 1.91 bits per heavy atom. The molecule has 3 aromatic heterocycles. The van der Waals surface area contributed by atoms with Gasteiger partial charge < -0.3 is 20.1 Å². The summed E-state index contributed by atoms with van der Waals surface area (Å²) in [5, 5.41) is 13.7. The molecule has 8 nitrogen and oxygen atoms in total. The van der Waals surface area contributed by atoms with Crippen LogP contribution >= 0.6 is 11.3 Å². The third kappa shape index (κ3) is 5.24. The first kappa shape index (κ1) is 29.4. The number of benzene rings is 2. The van der Waals surface area contributed by atoms with Crippen molar-refractivity contribution in [3.63, 3.8) is 0 Å². The average molecular weight is 638 g/mol. The van der Waals surface area contributed by atoms with E-state index in [9.17, 15) is 18.0 Å². The van der Waals surface area contributed by atoms with Crippen LogP contribution in [0.25, 0.3) is 43.9 Å². The molecule has 13 heteroatoms. The van der Waals surface area contributed by atoms with Gasteiger partial charge >= 0.3 is 6.61 Å². The van der Waals surface area contributed by atoms with E-state index in [0.717, 1.165) is 23.4 Å². The number of rotatable bonds is 8. The molecule has 0 saturated carbocycles. The van der Waals surface area contributed by atoms with E-state index in [-0.39, 0.29) is 35.9 Å². The Labute approximate surface area is 259 Å². The van der Waals surface area contributed by atoms with Crippen molar-refractivity contribution < 1.29 is 31.8 Å². The monoisotopic (exact) mass is 637 g/mol. The maximum atomic E-state index is 16.0. The second-order valence-electron chi connectivity index (χ2n) is 11.0. The Kier molecular flexibility index (Phi) is 7.54. The van der Waals surface area contributed by atoms with E-state index in [4.69, 9.17) is 14.8 Å². The maximum Gasteiger partial charge on any atom is 0.345 e. The first-order valence-electron chi connectivity index (χ1n) is 14.4. The Hall–Kier alpha value is -4.33. The number of carbonyl (C=O) groups is 1. The van der Waals surface area contributed by atoms with Crippen molar-refractivity contribution in [2.75, 3.05) is 19.8 Å². The van der Waals surface area contributed by atoms with E-state index >= 15 is 4.39 Å². The zero-order valence-corrected chi connectivity index (χ0v) is 25.0. The van der Waals surface area contributed by atoms with Gasteiger partial charge in [-0.2, -0.15) is 13.9 Å². The van der Waals surface area contributed by atoms with Gasteiger partial charge in [-0.05, 0) is 43.0 Å². The summed E-state index contributed by atoms with van der Waals surface area (Å²) in [5.41, 5.74) is 4.65. The number of aromatic nitrogens is 3. The molecule has 1 amide bonds. The van der Waals surface area contributed by atoms with Crippen LogP contribution < -0.4 is 15.4 Å². The molecule has 2 aromatic carbocycles. The maximum absolute atomic E-state index is 16.0. The predicted octanol–water partition coefficient (Wildman–Crippen LogP) is 6.86. The molecule has 0 spiro atoms.